The van der Waals surface area contributed by atoms with Crippen LogP contribution in [0.1, 0.15) is 19.3 Å². The van der Waals surface area contributed by atoms with E-state index in [0.717, 1.165) is 12.8 Å². The van der Waals surface area contributed by atoms with Crippen molar-refractivity contribution in [2.45, 2.75) is 37.6 Å². The molecule has 2 aromatic carbocycles. The van der Waals surface area contributed by atoms with Gasteiger partial charge in [-0.2, -0.15) is 0 Å². The maximum atomic E-state index is 11.8. The number of aliphatic carboxylic acids is 1. The molecule has 33 heavy (non-hydrogen) atoms. The van der Waals surface area contributed by atoms with E-state index >= 15 is 0 Å². The average molecular weight is 518 g/mol. The van der Waals surface area contributed by atoms with Gasteiger partial charge in [-0.05, 0) is 49.2 Å². The van der Waals surface area contributed by atoms with Crippen LogP contribution in [0.15, 0.2) is 42.5 Å². The van der Waals surface area contributed by atoms with Crippen molar-refractivity contribution in [3.05, 3.63) is 57.5 Å². The molecule has 0 saturated carbocycles. The molecule has 2 unspecified atom stereocenters. The summed E-state index contributed by atoms with van der Waals surface area (Å²) in [5.74, 6) is 0.296. The number of nitrogens with one attached hydrogen (secondary N) is 1. The molecule has 7 nitrogen and oxygen atoms in total. The minimum absolute atomic E-state index is 0.0759. The summed E-state index contributed by atoms with van der Waals surface area (Å²) in [6, 6.07) is 11.3. The Balaban J connectivity index is 1.40. The molecular formula is C23H27Cl3N2O5. The lowest BCUT2D eigenvalue weighted by Gasteiger charge is -2.36. The van der Waals surface area contributed by atoms with Gasteiger partial charge in [0.1, 0.15) is 30.4 Å². The van der Waals surface area contributed by atoms with Gasteiger partial charge in [-0.3, -0.25) is 15.0 Å². The average Bonchev–Trinajstić information content (AvgIpc) is 2.79. The molecule has 0 radical (unpaired) electrons. The Hall–Kier alpha value is -1.74. The number of rotatable bonds is 11. The van der Waals surface area contributed by atoms with Gasteiger partial charge in [0.25, 0.3) is 0 Å². The van der Waals surface area contributed by atoms with E-state index in [2.05, 4.69) is 5.32 Å². The van der Waals surface area contributed by atoms with E-state index in [0.29, 0.717) is 46.1 Å². The molecule has 1 fully saturated rings. The van der Waals surface area contributed by atoms with Crippen LogP contribution in [0.3, 0.4) is 0 Å². The van der Waals surface area contributed by atoms with Crippen LogP contribution in [0.25, 0.3) is 0 Å². The Morgan fingerprint density at radius 3 is 2.33 bits per heavy atom. The number of halogens is 3. The zero-order chi connectivity index (χ0) is 23.8. The lowest BCUT2D eigenvalue weighted by Crippen LogP contribution is -2.52. The summed E-state index contributed by atoms with van der Waals surface area (Å²) in [5, 5.41) is 24.5. The van der Waals surface area contributed by atoms with Gasteiger partial charge in [0, 0.05) is 36.6 Å². The zero-order valence-electron chi connectivity index (χ0n) is 17.9. The molecule has 2 aromatic rings. The van der Waals surface area contributed by atoms with E-state index in [4.69, 9.17) is 44.3 Å². The van der Waals surface area contributed by atoms with Crippen LogP contribution in [0.2, 0.25) is 15.1 Å². The van der Waals surface area contributed by atoms with Crippen molar-refractivity contribution in [3.63, 3.8) is 0 Å². The number of nitrogens with zero attached hydrogens (tertiary/aromatic N) is 1. The van der Waals surface area contributed by atoms with Crippen LogP contribution in [0, 0.1) is 0 Å². The lowest BCUT2D eigenvalue weighted by atomic mass is 10.0. The maximum Gasteiger partial charge on any atom is 0.321 e. The van der Waals surface area contributed by atoms with Crippen LogP contribution in [-0.4, -0.2) is 65.7 Å². The van der Waals surface area contributed by atoms with Crippen molar-refractivity contribution in [1.82, 2.24) is 10.2 Å². The first-order valence-corrected chi connectivity index (χ1v) is 11.8. The van der Waals surface area contributed by atoms with E-state index < -0.39 is 18.2 Å². The fourth-order valence-corrected chi connectivity index (χ4v) is 4.14. The summed E-state index contributed by atoms with van der Waals surface area (Å²) in [6.45, 7) is 1.55. The number of ether oxygens (including phenoxy) is 2. The Bertz CT molecular complexity index is 907. The van der Waals surface area contributed by atoms with Crippen LogP contribution >= 0.6 is 34.8 Å². The third-order valence-corrected chi connectivity index (χ3v) is 6.45. The number of carboxylic acids is 1. The fraction of sp³-hybridized carbons (Fsp3) is 0.435. The number of piperidine rings is 1. The molecular weight excluding hydrogens is 491 g/mol. The van der Waals surface area contributed by atoms with Gasteiger partial charge in [-0.1, -0.05) is 34.8 Å². The van der Waals surface area contributed by atoms with Crippen molar-refractivity contribution >= 4 is 40.8 Å². The van der Waals surface area contributed by atoms with Crippen LogP contribution in [0.5, 0.6) is 11.5 Å². The number of likely N-dealkylation sites (tertiary alicyclic amines) is 1. The molecule has 1 aliphatic rings. The van der Waals surface area contributed by atoms with Gasteiger partial charge in [0.2, 0.25) is 0 Å². The number of benzene rings is 2. The third-order valence-electron chi connectivity index (χ3n) is 5.46. The molecule has 0 bridgehead atoms. The van der Waals surface area contributed by atoms with Gasteiger partial charge < -0.3 is 19.7 Å². The highest BCUT2D eigenvalue weighted by molar-refractivity contribution is 6.42. The molecule has 10 heteroatoms. The first-order valence-electron chi connectivity index (χ1n) is 10.7. The Morgan fingerprint density at radius 2 is 1.70 bits per heavy atom. The molecule has 2 atom stereocenters. The van der Waals surface area contributed by atoms with Crippen molar-refractivity contribution in [2.24, 2.45) is 0 Å². The highest BCUT2D eigenvalue weighted by Gasteiger charge is 2.30. The van der Waals surface area contributed by atoms with Gasteiger partial charge in [0.05, 0.1) is 16.7 Å². The summed E-state index contributed by atoms with van der Waals surface area (Å²) < 4.78 is 11.2. The molecule has 0 amide bonds. The van der Waals surface area contributed by atoms with E-state index in [9.17, 15) is 15.0 Å². The zero-order valence-corrected chi connectivity index (χ0v) is 20.2. The third kappa shape index (κ3) is 8.21. The Morgan fingerprint density at radius 1 is 1.03 bits per heavy atom. The summed E-state index contributed by atoms with van der Waals surface area (Å²) in [4.78, 5) is 13.8. The Labute approximate surface area is 208 Å². The number of aliphatic hydroxyl groups excluding tert-OH is 1. The quantitative estimate of drug-likeness (QED) is 0.382. The van der Waals surface area contributed by atoms with Gasteiger partial charge in [-0.25, -0.2) is 0 Å². The van der Waals surface area contributed by atoms with Crippen LogP contribution < -0.4 is 14.8 Å². The molecule has 3 N–H and O–H groups in total. The van der Waals surface area contributed by atoms with Crippen LogP contribution in [-0.2, 0) is 4.79 Å². The molecule has 1 saturated heterocycles. The second-order valence-corrected chi connectivity index (χ2v) is 9.08. The van der Waals surface area contributed by atoms with Crippen molar-refractivity contribution in [1.29, 1.82) is 0 Å². The van der Waals surface area contributed by atoms with Gasteiger partial charge in [-0.15, -0.1) is 0 Å². The second-order valence-electron chi connectivity index (χ2n) is 7.82. The topological polar surface area (TPSA) is 91.3 Å². The first-order chi connectivity index (χ1) is 15.8. The highest BCUT2D eigenvalue weighted by atomic mass is 35.5. The number of hydrogen-bond donors (Lipinski definition) is 3. The number of aliphatic hydroxyl groups is 1. The molecule has 1 aliphatic heterocycles. The molecule has 0 spiro atoms. The second kappa shape index (κ2) is 12.6. The summed E-state index contributed by atoms with van der Waals surface area (Å²) in [7, 11) is 0. The van der Waals surface area contributed by atoms with Gasteiger partial charge in [0.15, 0.2) is 0 Å². The maximum absolute atomic E-state index is 11.8. The summed E-state index contributed by atoms with van der Waals surface area (Å²) in [5.41, 5.74) is 0. The molecule has 180 valence electrons. The van der Waals surface area contributed by atoms with E-state index in [1.165, 1.54) is 0 Å². The number of hydrogen-bond acceptors (Lipinski definition) is 6. The number of carbonyl (C=O) groups is 1. The molecule has 3 rings (SSSR count). The smallest absolute Gasteiger partial charge is 0.321 e. The summed E-state index contributed by atoms with van der Waals surface area (Å²) in [6.07, 6.45) is 0.947. The van der Waals surface area contributed by atoms with Gasteiger partial charge >= 0.3 is 5.97 Å². The largest absolute Gasteiger partial charge is 0.493 e. The van der Waals surface area contributed by atoms with E-state index in [-0.39, 0.29) is 19.3 Å². The van der Waals surface area contributed by atoms with E-state index in [1.807, 2.05) is 4.90 Å². The number of carboxylic acid groups (broad SMARTS) is 1. The SMILES string of the molecule is O=C(O)C(CCOc1ccc(Cl)c(Cl)c1)N1CCC(NC(O)COc2ccc(Cl)cc2)CC1. The molecule has 0 aliphatic carbocycles. The van der Waals surface area contributed by atoms with Crippen LogP contribution in [0.4, 0.5) is 0 Å². The van der Waals surface area contributed by atoms with Crippen molar-refractivity contribution < 1.29 is 24.5 Å². The first kappa shape index (κ1) is 25.9. The lowest BCUT2D eigenvalue weighted by molar-refractivity contribution is -0.144. The molecule has 1 heterocycles. The normalized spacial score (nSPS) is 16.8. The minimum Gasteiger partial charge on any atom is -0.493 e. The van der Waals surface area contributed by atoms with Crippen molar-refractivity contribution in [3.8, 4) is 11.5 Å². The predicted octanol–water partition coefficient (Wildman–Crippen LogP) is 4.32. The molecule has 0 aromatic heterocycles. The monoisotopic (exact) mass is 516 g/mol. The van der Waals surface area contributed by atoms with Crippen molar-refractivity contribution in [2.75, 3.05) is 26.3 Å². The summed E-state index contributed by atoms with van der Waals surface area (Å²) >= 11 is 17.7. The standard InChI is InChI=1S/C23H27Cl3N2O5/c24-15-1-3-17(4-2-15)33-14-22(29)27-16-7-10-28(11-8-16)21(23(30)31)9-12-32-18-5-6-19(25)20(26)13-18/h1-6,13,16,21-22,27,29H,7-12,14H2,(H,30,31). The fourth-order valence-electron chi connectivity index (χ4n) is 3.72. The minimum atomic E-state index is -0.879. The highest BCUT2D eigenvalue weighted by Crippen LogP contribution is 2.26. The predicted molar refractivity (Wildman–Crippen MR) is 129 cm³/mol. The van der Waals surface area contributed by atoms with E-state index in [1.54, 1.807) is 42.5 Å². The Kier molecular flexibility index (Phi) is 9.92.